The van der Waals surface area contributed by atoms with E-state index in [1.54, 1.807) is 19.2 Å². The molecule has 0 saturated heterocycles. The van der Waals surface area contributed by atoms with E-state index in [-0.39, 0.29) is 0 Å². The molecule has 2 unspecified atom stereocenters. The number of phenolic OH excluding ortho intramolecular Hbond substituents is 1. The van der Waals surface area contributed by atoms with Gasteiger partial charge < -0.3 is 15.2 Å². The van der Waals surface area contributed by atoms with E-state index >= 15 is 0 Å². The zero-order chi connectivity index (χ0) is 13.4. The molecule has 0 fully saturated rings. The Bertz CT molecular complexity index is 324. The Kier molecular flexibility index (Phi) is 6.76. The molecule has 0 aliphatic rings. The summed E-state index contributed by atoms with van der Waals surface area (Å²) >= 11 is 0. The lowest BCUT2D eigenvalue weighted by Crippen LogP contribution is -2.32. The zero-order valence-corrected chi connectivity index (χ0v) is 11.6. The van der Waals surface area contributed by atoms with Crippen molar-refractivity contribution in [3.63, 3.8) is 0 Å². The van der Waals surface area contributed by atoms with E-state index in [0.717, 1.165) is 26.0 Å². The highest BCUT2D eigenvalue weighted by molar-refractivity contribution is 5.25. The maximum Gasteiger partial charge on any atom is 0.115 e. The largest absolute Gasteiger partial charge is 0.508 e. The predicted molar refractivity (Wildman–Crippen MR) is 74.9 cm³/mol. The van der Waals surface area contributed by atoms with E-state index in [1.165, 1.54) is 5.56 Å². The van der Waals surface area contributed by atoms with E-state index in [2.05, 4.69) is 19.2 Å². The fourth-order valence-corrected chi connectivity index (χ4v) is 1.89. The lowest BCUT2D eigenvalue weighted by Gasteiger charge is -2.17. The molecule has 2 atom stereocenters. The van der Waals surface area contributed by atoms with Crippen LogP contribution in [0.15, 0.2) is 24.3 Å². The van der Waals surface area contributed by atoms with Crippen molar-refractivity contribution < 1.29 is 9.84 Å². The number of ether oxygens (including phenoxy) is 1. The molecule has 0 radical (unpaired) electrons. The van der Waals surface area contributed by atoms with E-state index in [4.69, 9.17) is 4.74 Å². The van der Waals surface area contributed by atoms with Gasteiger partial charge in [0.25, 0.3) is 0 Å². The Morgan fingerprint density at radius 3 is 2.50 bits per heavy atom. The van der Waals surface area contributed by atoms with Crippen LogP contribution in [-0.4, -0.2) is 31.4 Å². The normalized spacial score (nSPS) is 14.4. The van der Waals surface area contributed by atoms with Crippen LogP contribution in [0, 0.1) is 5.92 Å². The van der Waals surface area contributed by atoms with Gasteiger partial charge in [-0.1, -0.05) is 19.1 Å². The molecule has 0 spiro atoms. The first kappa shape index (κ1) is 15.0. The molecule has 0 bridgehead atoms. The lowest BCUT2D eigenvalue weighted by atomic mass is 10.1. The average molecular weight is 251 g/mol. The van der Waals surface area contributed by atoms with Gasteiger partial charge in [0.1, 0.15) is 5.75 Å². The lowest BCUT2D eigenvalue weighted by molar-refractivity contribution is 0.157. The SMILES string of the molecule is COCC(C)CNC(C)CCc1ccc(O)cc1. The number of rotatable bonds is 8. The number of nitrogens with one attached hydrogen (secondary N) is 1. The third-order valence-electron chi connectivity index (χ3n) is 3.07. The maximum atomic E-state index is 9.21. The summed E-state index contributed by atoms with van der Waals surface area (Å²) < 4.78 is 5.11. The van der Waals surface area contributed by atoms with Crippen molar-refractivity contribution in [2.45, 2.75) is 32.7 Å². The fraction of sp³-hybridized carbons (Fsp3) is 0.600. The molecule has 3 nitrogen and oxygen atoms in total. The van der Waals surface area contributed by atoms with Gasteiger partial charge in [-0.05, 0) is 43.4 Å². The van der Waals surface area contributed by atoms with Gasteiger partial charge in [-0.15, -0.1) is 0 Å². The first-order valence-corrected chi connectivity index (χ1v) is 6.62. The van der Waals surface area contributed by atoms with Crippen LogP contribution in [0.4, 0.5) is 0 Å². The highest BCUT2D eigenvalue weighted by atomic mass is 16.5. The summed E-state index contributed by atoms with van der Waals surface area (Å²) in [5.74, 6) is 0.879. The number of benzene rings is 1. The third-order valence-corrected chi connectivity index (χ3v) is 3.07. The van der Waals surface area contributed by atoms with Crippen LogP contribution in [0.3, 0.4) is 0 Å². The zero-order valence-electron chi connectivity index (χ0n) is 11.6. The van der Waals surface area contributed by atoms with Gasteiger partial charge in [0.05, 0.1) is 0 Å². The Labute approximate surface area is 110 Å². The molecule has 0 aliphatic heterocycles. The highest BCUT2D eigenvalue weighted by Crippen LogP contribution is 2.12. The molecule has 3 heteroatoms. The number of aryl methyl sites for hydroxylation is 1. The number of phenols is 1. The van der Waals surface area contributed by atoms with Crippen molar-refractivity contribution in [3.05, 3.63) is 29.8 Å². The second-order valence-electron chi connectivity index (χ2n) is 5.07. The maximum absolute atomic E-state index is 9.21. The third kappa shape index (κ3) is 6.03. The van der Waals surface area contributed by atoms with E-state index in [0.29, 0.717) is 17.7 Å². The van der Waals surface area contributed by atoms with Crippen molar-refractivity contribution in [1.82, 2.24) is 5.32 Å². The molecule has 0 amide bonds. The standard InChI is InChI=1S/C15H25NO2/c1-12(11-18-3)10-16-13(2)4-5-14-6-8-15(17)9-7-14/h6-9,12-13,16-17H,4-5,10-11H2,1-3H3. The van der Waals surface area contributed by atoms with E-state index in [9.17, 15) is 5.11 Å². The minimum absolute atomic E-state index is 0.332. The molecule has 2 N–H and O–H groups in total. The van der Waals surface area contributed by atoms with Crippen molar-refractivity contribution in [2.75, 3.05) is 20.3 Å². The second-order valence-corrected chi connectivity index (χ2v) is 5.07. The Morgan fingerprint density at radius 1 is 1.22 bits per heavy atom. The number of hydrogen-bond acceptors (Lipinski definition) is 3. The summed E-state index contributed by atoms with van der Waals surface area (Å²) in [5, 5.41) is 12.7. The van der Waals surface area contributed by atoms with Gasteiger partial charge in [-0.25, -0.2) is 0 Å². The summed E-state index contributed by atoms with van der Waals surface area (Å²) in [7, 11) is 1.74. The van der Waals surface area contributed by atoms with Crippen LogP contribution in [0.5, 0.6) is 5.75 Å². The average Bonchev–Trinajstić information content (AvgIpc) is 2.36. The molecule has 1 rings (SSSR count). The minimum Gasteiger partial charge on any atom is -0.508 e. The molecule has 0 aliphatic carbocycles. The van der Waals surface area contributed by atoms with Crippen LogP contribution in [-0.2, 0) is 11.2 Å². The van der Waals surface area contributed by atoms with Crippen LogP contribution in [0.1, 0.15) is 25.8 Å². The van der Waals surface area contributed by atoms with Crippen LogP contribution >= 0.6 is 0 Å². The van der Waals surface area contributed by atoms with Crippen molar-refractivity contribution in [3.8, 4) is 5.75 Å². The summed E-state index contributed by atoms with van der Waals surface area (Å²) in [6.07, 6.45) is 2.14. The number of hydrogen-bond donors (Lipinski definition) is 2. The number of methoxy groups -OCH3 is 1. The van der Waals surface area contributed by atoms with E-state index < -0.39 is 0 Å². The van der Waals surface area contributed by atoms with Crippen LogP contribution < -0.4 is 5.32 Å². The molecule has 0 saturated carbocycles. The molecule has 18 heavy (non-hydrogen) atoms. The smallest absolute Gasteiger partial charge is 0.115 e. The predicted octanol–water partition coefficient (Wildman–Crippen LogP) is 2.59. The molecule has 1 aromatic carbocycles. The van der Waals surface area contributed by atoms with E-state index in [1.807, 2.05) is 12.1 Å². The van der Waals surface area contributed by atoms with Gasteiger partial charge in [0.2, 0.25) is 0 Å². The molecular weight excluding hydrogens is 226 g/mol. The first-order valence-electron chi connectivity index (χ1n) is 6.62. The summed E-state index contributed by atoms with van der Waals surface area (Å²) in [6, 6.07) is 7.95. The quantitative estimate of drug-likeness (QED) is 0.746. The van der Waals surface area contributed by atoms with Gasteiger partial charge in [-0.3, -0.25) is 0 Å². The Hall–Kier alpha value is -1.06. The molecule has 1 aromatic rings. The molecule has 0 aromatic heterocycles. The molecule has 102 valence electrons. The van der Waals surface area contributed by atoms with Crippen LogP contribution in [0.2, 0.25) is 0 Å². The van der Waals surface area contributed by atoms with Crippen LogP contribution in [0.25, 0.3) is 0 Å². The van der Waals surface area contributed by atoms with Crippen molar-refractivity contribution >= 4 is 0 Å². The number of aromatic hydroxyl groups is 1. The van der Waals surface area contributed by atoms with Gasteiger partial charge >= 0.3 is 0 Å². The van der Waals surface area contributed by atoms with Crippen molar-refractivity contribution in [2.24, 2.45) is 5.92 Å². The Balaban J connectivity index is 2.20. The summed E-state index contributed by atoms with van der Waals surface area (Å²) in [6.45, 7) is 6.19. The molecule has 0 heterocycles. The van der Waals surface area contributed by atoms with Gasteiger partial charge in [0.15, 0.2) is 0 Å². The topological polar surface area (TPSA) is 41.5 Å². The highest BCUT2D eigenvalue weighted by Gasteiger charge is 2.05. The van der Waals surface area contributed by atoms with Gasteiger partial charge in [0, 0.05) is 26.3 Å². The molecular formula is C15H25NO2. The summed E-state index contributed by atoms with van der Waals surface area (Å²) in [4.78, 5) is 0. The fourth-order valence-electron chi connectivity index (χ4n) is 1.89. The monoisotopic (exact) mass is 251 g/mol. The second kappa shape index (κ2) is 8.11. The summed E-state index contributed by atoms with van der Waals surface area (Å²) in [5.41, 5.74) is 1.27. The first-order chi connectivity index (χ1) is 8.61. The van der Waals surface area contributed by atoms with Gasteiger partial charge in [-0.2, -0.15) is 0 Å². The van der Waals surface area contributed by atoms with Crippen molar-refractivity contribution in [1.29, 1.82) is 0 Å². The Morgan fingerprint density at radius 2 is 1.89 bits per heavy atom. The minimum atomic E-state index is 0.332.